The zero-order valence-electron chi connectivity index (χ0n) is 25.3. The quantitative estimate of drug-likeness (QED) is 0.156. The predicted molar refractivity (Wildman–Crippen MR) is 195 cm³/mol. The monoisotopic (exact) mass is 584 g/mol. The lowest BCUT2D eigenvalue weighted by Crippen LogP contribution is -2.39. The van der Waals surface area contributed by atoms with E-state index in [1.165, 1.54) is 5.39 Å². The van der Waals surface area contributed by atoms with Gasteiger partial charge in [-0.25, -0.2) is 0 Å². The maximum absolute atomic E-state index is 2.87. The molecule has 2 unspecified atom stereocenters. The average Bonchev–Trinajstić information content (AvgIpc) is 3.90. The van der Waals surface area contributed by atoms with Crippen molar-refractivity contribution in [2.75, 3.05) is 0 Å². The lowest BCUT2D eigenvalue weighted by molar-refractivity contribution is 0.401. The van der Waals surface area contributed by atoms with Gasteiger partial charge in [0.25, 0.3) is 0 Å². The molecule has 6 aliphatic rings. The fourth-order valence-corrected chi connectivity index (χ4v) is 14.7. The number of hydrogen-bond donors (Lipinski definition) is 0. The van der Waals surface area contributed by atoms with Crippen molar-refractivity contribution in [3.63, 3.8) is 0 Å². The van der Waals surface area contributed by atoms with Crippen molar-refractivity contribution in [1.29, 1.82) is 0 Å². The molecule has 0 saturated heterocycles. The van der Waals surface area contributed by atoms with Gasteiger partial charge in [-0.2, -0.15) is 0 Å². The van der Waals surface area contributed by atoms with Crippen molar-refractivity contribution in [3.8, 4) is 0 Å². The molecule has 0 fully saturated rings. The molecule has 1 spiro atoms. The molecule has 18 rings (SSSR count). The predicted octanol–water partition coefficient (Wildman–Crippen LogP) is 11.2. The van der Waals surface area contributed by atoms with E-state index in [0.29, 0.717) is 5.92 Å². The molecule has 47 heavy (non-hydrogen) atoms. The van der Waals surface area contributed by atoms with Crippen molar-refractivity contribution in [2.45, 2.75) is 43.4 Å². The Bertz CT molecular complexity index is 3690. The maximum atomic E-state index is 2.87. The fourth-order valence-electron chi connectivity index (χ4n) is 14.7. The fraction of sp³-hybridized carbons (Fsp3) is 0.149. The largest absolute Gasteiger partial charge is 0.0688 e. The topological polar surface area (TPSA) is 0 Å². The van der Waals surface area contributed by atoms with Gasteiger partial charge in [0.05, 0.1) is 0 Å². The van der Waals surface area contributed by atoms with Crippen LogP contribution in [-0.2, 0) is 37.5 Å². The van der Waals surface area contributed by atoms with Gasteiger partial charge in [0.1, 0.15) is 0 Å². The molecule has 208 valence electrons. The van der Waals surface area contributed by atoms with E-state index >= 15 is 0 Å². The highest BCUT2D eigenvalue weighted by molar-refractivity contribution is 6.64. The van der Waals surface area contributed by atoms with E-state index in [2.05, 4.69) is 54.6 Å². The molecular weight excluding hydrogens is 565 g/mol. The third-order valence-electron chi connectivity index (χ3n) is 15.7. The molecule has 6 aliphatic carbocycles. The minimum absolute atomic E-state index is 0.0373. The first-order chi connectivity index (χ1) is 23.3. The molecule has 12 aromatic rings. The van der Waals surface area contributed by atoms with Crippen LogP contribution in [-0.4, -0.2) is 0 Å². The summed E-state index contributed by atoms with van der Waals surface area (Å²) in [6.45, 7) is 0. The number of benzene rings is 8. The molecule has 0 bridgehead atoms. The van der Waals surface area contributed by atoms with Gasteiger partial charge in [-0.15, -0.1) is 0 Å². The molecule has 0 saturated carbocycles. The van der Waals surface area contributed by atoms with Gasteiger partial charge < -0.3 is 0 Å². The Morgan fingerprint density at radius 1 is 0.447 bits per heavy atom. The highest BCUT2D eigenvalue weighted by atomic mass is 14.6. The first-order valence-corrected chi connectivity index (χ1v) is 17.9. The van der Waals surface area contributed by atoms with Gasteiger partial charge in [-0.1, -0.05) is 54.6 Å². The van der Waals surface area contributed by atoms with Crippen LogP contribution in [0.25, 0.3) is 113 Å². The second-order valence-corrected chi connectivity index (χ2v) is 16.9. The van der Waals surface area contributed by atoms with Gasteiger partial charge in [-0.3, -0.25) is 0 Å². The highest BCUT2D eigenvalue weighted by Crippen LogP contribution is 2.72. The first-order valence-electron chi connectivity index (χ1n) is 17.9. The molecule has 0 nitrogen and oxygen atoms in total. The van der Waals surface area contributed by atoms with Crippen molar-refractivity contribution in [3.05, 3.63) is 110 Å². The summed E-state index contributed by atoms with van der Waals surface area (Å²) < 4.78 is 0. The van der Waals surface area contributed by atoms with Crippen molar-refractivity contribution >= 4 is 113 Å². The molecule has 0 aliphatic heterocycles. The third-order valence-corrected chi connectivity index (χ3v) is 15.7. The van der Waals surface area contributed by atoms with Gasteiger partial charge >= 0.3 is 0 Å². The van der Waals surface area contributed by atoms with E-state index < -0.39 is 0 Å². The molecule has 0 radical (unpaired) electrons. The SMILES string of the molecule is C1=C2Cc3cc4c5c6c(cc7c8c6c6c9c5c3c3c2c2c5c%10c(cc%11cc(c%12c%11c%10c(c5c39)c6c%128)C7)C3Cc5ccccc5CC123)C4. The third kappa shape index (κ3) is 1.48. The Hall–Kier alpha value is -5.20. The molecule has 0 aromatic heterocycles. The molecule has 0 N–H and O–H groups in total. The number of rotatable bonds is 0. The zero-order chi connectivity index (χ0) is 28.9. The van der Waals surface area contributed by atoms with Gasteiger partial charge in [-0.05, 0) is 201 Å². The average molecular weight is 585 g/mol. The second kappa shape index (κ2) is 5.26. The summed E-state index contributed by atoms with van der Waals surface area (Å²) in [6.07, 6.45) is 8.44. The summed E-state index contributed by atoms with van der Waals surface area (Å²) in [7, 11) is 0. The van der Waals surface area contributed by atoms with E-state index in [4.69, 9.17) is 0 Å². The maximum Gasteiger partial charge on any atom is 0.0263 e. The Kier molecular flexibility index (Phi) is 2.25. The minimum Gasteiger partial charge on any atom is -0.0688 e. The van der Waals surface area contributed by atoms with Crippen molar-refractivity contribution in [2.24, 2.45) is 0 Å². The highest BCUT2D eigenvalue weighted by Gasteiger charge is 2.55. The van der Waals surface area contributed by atoms with Crippen LogP contribution in [0.3, 0.4) is 0 Å². The molecule has 12 aromatic carbocycles. The lowest BCUT2D eigenvalue weighted by Gasteiger charge is -2.45. The van der Waals surface area contributed by atoms with E-state index in [9.17, 15) is 0 Å². The molecule has 0 amide bonds. The second-order valence-electron chi connectivity index (χ2n) is 16.9. The smallest absolute Gasteiger partial charge is 0.0263 e. The first kappa shape index (κ1) is 20.1. The van der Waals surface area contributed by atoms with E-state index in [-0.39, 0.29) is 5.41 Å². The number of allylic oxidation sites excluding steroid dienone is 2. The summed E-state index contributed by atoms with van der Waals surface area (Å²) in [5.74, 6) is 0.483. The summed E-state index contributed by atoms with van der Waals surface area (Å²) in [4.78, 5) is 0. The summed E-state index contributed by atoms with van der Waals surface area (Å²) in [5, 5.41) is 32.7. The standard InChI is InChI=1S/C47H20/c1-2-4-16-13-47-14-23-10-21-8-18-5-17-6-20-7-19-9-22-11-24(25(47)12-15(16)3-1)33-38-29(22)28(19)35-30(20)34-26(17)27(18)36-31(21)37-32(23)46(47)45(33)44-42(37)40(36)39(34)41(35)43(38)44/h1-4,6,8-9,11,14,25H,5,7,10,12-13H2. The summed E-state index contributed by atoms with van der Waals surface area (Å²) in [5.41, 5.74) is 17.9. The van der Waals surface area contributed by atoms with E-state index in [1.807, 2.05) is 0 Å². The zero-order valence-corrected chi connectivity index (χ0v) is 25.3. The Balaban J connectivity index is 1.30. The minimum atomic E-state index is 0.0373. The van der Waals surface area contributed by atoms with Crippen LogP contribution in [0.15, 0.2) is 54.6 Å². The van der Waals surface area contributed by atoms with Crippen LogP contribution >= 0.6 is 0 Å². The normalized spacial score (nSPS) is 22.9. The van der Waals surface area contributed by atoms with Crippen molar-refractivity contribution in [1.82, 2.24) is 0 Å². The van der Waals surface area contributed by atoms with Crippen LogP contribution in [0.1, 0.15) is 61.6 Å². The van der Waals surface area contributed by atoms with Crippen LogP contribution in [0, 0.1) is 0 Å². The van der Waals surface area contributed by atoms with Crippen molar-refractivity contribution < 1.29 is 0 Å². The molecule has 0 heterocycles. The lowest BCUT2D eigenvalue weighted by atomic mass is 9.57. The van der Waals surface area contributed by atoms with Gasteiger partial charge in [0, 0.05) is 11.3 Å². The Morgan fingerprint density at radius 3 is 1.77 bits per heavy atom. The number of fused-ring (bicyclic) bond motifs is 2. The van der Waals surface area contributed by atoms with Crippen LogP contribution in [0.4, 0.5) is 0 Å². The van der Waals surface area contributed by atoms with Crippen LogP contribution in [0.5, 0.6) is 0 Å². The number of hydrogen-bond acceptors (Lipinski definition) is 0. The van der Waals surface area contributed by atoms with E-state index in [1.54, 1.807) is 164 Å². The Labute approximate surface area is 266 Å². The Morgan fingerprint density at radius 2 is 1.00 bits per heavy atom. The van der Waals surface area contributed by atoms with Gasteiger partial charge in [0.15, 0.2) is 0 Å². The van der Waals surface area contributed by atoms with Crippen LogP contribution < -0.4 is 0 Å². The van der Waals surface area contributed by atoms with Crippen LogP contribution in [0.2, 0.25) is 0 Å². The molecular formula is C47H20. The summed E-state index contributed by atoms with van der Waals surface area (Å²) >= 11 is 0. The van der Waals surface area contributed by atoms with Gasteiger partial charge in [0.2, 0.25) is 0 Å². The van der Waals surface area contributed by atoms with E-state index in [0.717, 1.165) is 32.1 Å². The molecule has 0 heteroatoms. The summed E-state index contributed by atoms with van der Waals surface area (Å²) in [6, 6.07) is 20.2. The molecule has 2 atom stereocenters.